The summed E-state index contributed by atoms with van der Waals surface area (Å²) in [5.41, 5.74) is 8.64. The van der Waals surface area contributed by atoms with Gasteiger partial charge in [0.15, 0.2) is 0 Å². The smallest absolute Gasteiger partial charge is 0.274 e. The standard InChI is InChI=1S/C15H21N5O/c1-5-20-14(13(16)10(2)18-20)15(21)19(4)11(3)12-6-8-17-9-7-12/h6-9,11H,5,16H2,1-4H3. The minimum atomic E-state index is -0.126. The fraction of sp³-hybridized carbons (Fsp3) is 0.400. The quantitative estimate of drug-likeness (QED) is 0.933. The Kier molecular flexibility index (Phi) is 4.26. The van der Waals surface area contributed by atoms with Crippen LogP contribution in [-0.2, 0) is 6.54 Å². The molecule has 0 saturated carbocycles. The maximum Gasteiger partial charge on any atom is 0.274 e. The molecule has 0 spiro atoms. The first-order valence-electron chi connectivity index (χ1n) is 6.97. The van der Waals surface area contributed by atoms with Gasteiger partial charge in [-0.15, -0.1) is 0 Å². The molecule has 1 amide bonds. The third-order valence-corrected chi connectivity index (χ3v) is 3.77. The van der Waals surface area contributed by atoms with E-state index in [1.54, 1.807) is 29.0 Å². The van der Waals surface area contributed by atoms with Gasteiger partial charge in [0, 0.05) is 26.0 Å². The first-order chi connectivity index (χ1) is 9.97. The second kappa shape index (κ2) is 5.95. The zero-order valence-electron chi connectivity index (χ0n) is 12.9. The summed E-state index contributed by atoms with van der Waals surface area (Å²) in [5, 5.41) is 4.30. The van der Waals surface area contributed by atoms with E-state index in [1.807, 2.05) is 32.9 Å². The molecule has 0 aromatic carbocycles. The average Bonchev–Trinajstić information content (AvgIpc) is 2.81. The van der Waals surface area contributed by atoms with E-state index in [-0.39, 0.29) is 11.9 Å². The number of nitrogen functional groups attached to an aromatic ring is 1. The molecule has 2 aromatic rings. The van der Waals surface area contributed by atoms with Gasteiger partial charge in [0.05, 0.1) is 17.4 Å². The van der Waals surface area contributed by atoms with Gasteiger partial charge in [0.25, 0.3) is 5.91 Å². The lowest BCUT2D eigenvalue weighted by Gasteiger charge is -2.25. The Bertz CT molecular complexity index is 635. The average molecular weight is 287 g/mol. The van der Waals surface area contributed by atoms with E-state index < -0.39 is 0 Å². The summed E-state index contributed by atoms with van der Waals surface area (Å²) in [6.07, 6.45) is 3.44. The summed E-state index contributed by atoms with van der Waals surface area (Å²) in [5.74, 6) is -0.126. The molecule has 0 aliphatic carbocycles. The number of carbonyl (C=O) groups is 1. The summed E-state index contributed by atoms with van der Waals surface area (Å²) >= 11 is 0. The first kappa shape index (κ1) is 15.0. The Balaban J connectivity index is 2.32. The molecular weight excluding hydrogens is 266 g/mol. The van der Waals surface area contributed by atoms with Crippen molar-refractivity contribution in [2.45, 2.75) is 33.4 Å². The van der Waals surface area contributed by atoms with E-state index in [0.717, 1.165) is 5.56 Å². The fourth-order valence-corrected chi connectivity index (χ4v) is 2.26. The second-order valence-corrected chi connectivity index (χ2v) is 5.04. The molecule has 1 atom stereocenters. The zero-order chi connectivity index (χ0) is 15.6. The van der Waals surface area contributed by atoms with Crippen LogP contribution in [0.2, 0.25) is 0 Å². The maximum atomic E-state index is 12.7. The van der Waals surface area contributed by atoms with Gasteiger partial charge in [-0.25, -0.2) is 0 Å². The highest BCUT2D eigenvalue weighted by molar-refractivity contribution is 5.98. The number of aryl methyl sites for hydroxylation is 2. The molecule has 1 unspecified atom stereocenters. The summed E-state index contributed by atoms with van der Waals surface area (Å²) in [6.45, 7) is 6.33. The van der Waals surface area contributed by atoms with E-state index in [0.29, 0.717) is 23.6 Å². The van der Waals surface area contributed by atoms with E-state index in [4.69, 9.17) is 5.73 Å². The van der Waals surface area contributed by atoms with Gasteiger partial charge in [-0.1, -0.05) is 0 Å². The summed E-state index contributed by atoms with van der Waals surface area (Å²) in [4.78, 5) is 18.4. The molecule has 6 nitrogen and oxygen atoms in total. The van der Waals surface area contributed by atoms with Crippen molar-refractivity contribution in [3.05, 3.63) is 41.5 Å². The lowest BCUT2D eigenvalue weighted by atomic mass is 10.1. The van der Waals surface area contributed by atoms with Crippen LogP contribution < -0.4 is 5.73 Å². The van der Waals surface area contributed by atoms with Gasteiger partial charge < -0.3 is 10.6 Å². The van der Waals surface area contributed by atoms with Gasteiger partial charge in [-0.2, -0.15) is 5.10 Å². The Hall–Kier alpha value is -2.37. The van der Waals surface area contributed by atoms with Crippen molar-refractivity contribution in [2.24, 2.45) is 0 Å². The highest BCUT2D eigenvalue weighted by Gasteiger charge is 2.25. The molecule has 0 radical (unpaired) electrons. The monoisotopic (exact) mass is 287 g/mol. The molecule has 0 aliphatic heterocycles. The topological polar surface area (TPSA) is 77.0 Å². The maximum absolute atomic E-state index is 12.7. The van der Waals surface area contributed by atoms with Crippen LogP contribution >= 0.6 is 0 Å². The van der Waals surface area contributed by atoms with Crippen molar-refractivity contribution >= 4 is 11.6 Å². The Morgan fingerprint density at radius 2 is 2.05 bits per heavy atom. The van der Waals surface area contributed by atoms with Crippen LogP contribution in [0, 0.1) is 6.92 Å². The van der Waals surface area contributed by atoms with Crippen LogP contribution in [0.25, 0.3) is 0 Å². The predicted octanol–water partition coefficient (Wildman–Crippen LogP) is 2.02. The van der Waals surface area contributed by atoms with Crippen molar-refractivity contribution in [3.8, 4) is 0 Å². The number of nitrogens with zero attached hydrogens (tertiary/aromatic N) is 4. The number of aromatic nitrogens is 3. The summed E-state index contributed by atoms with van der Waals surface area (Å²) in [7, 11) is 1.77. The molecular formula is C15H21N5O. The SMILES string of the molecule is CCn1nc(C)c(N)c1C(=O)N(C)C(C)c1ccncc1. The highest BCUT2D eigenvalue weighted by Crippen LogP contribution is 2.23. The lowest BCUT2D eigenvalue weighted by molar-refractivity contribution is 0.0731. The largest absolute Gasteiger partial charge is 0.395 e. The minimum absolute atomic E-state index is 0.0691. The van der Waals surface area contributed by atoms with Crippen LogP contribution in [0.15, 0.2) is 24.5 Å². The second-order valence-electron chi connectivity index (χ2n) is 5.04. The molecule has 6 heteroatoms. The van der Waals surface area contributed by atoms with Crippen LogP contribution in [0.1, 0.15) is 41.6 Å². The van der Waals surface area contributed by atoms with Crippen LogP contribution in [-0.4, -0.2) is 32.6 Å². The van der Waals surface area contributed by atoms with E-state index in [2.05, 4.69) is 10.1 Å². The highest BCUT2D eigenvalue weighted by atomic mass is 16.2. The molecule has 0 bridgehead atoms. The molecule has 0 saturated heterocycles. The van der Waals surface area contributed by atoms with Gasteiger partial charge in [-0.05, 0) is 38.5 Å². The number of hydrogen-bond acceptors (Lipinski definition) is 4. The number of carbonyl (C=O) groups excluding carboxylic acids is 1. The molecule has 0 fully saturated rings. The van der Waals surface area contributed by atoms with Crippen molar-refractivity contribution in [2.75, 3.05) is 12.8 Å². The fourth-order valence-electron chi connectivity index (χ4n) is 2.26. The van der Waals surface area contributed by atoms with Gasteiger partial charge in [0.1, 0.15) is 5.69 Å². The number of pyridine rings is 1. The lowest BCUT2D eigenvalue weighted by Crippen LogP contribution is -2.32. The van der Waals surface area contributed by atoms with Crippen molar-refractivity contribution in [3.63, 3.8) is 0 Å². The molecule has 21 heavy (non-hydrogen) atoms. The van der Waals surface area contributed by atoms with E-state index in [1.165, 1.54) is 0 Å². The molecule has 0 aliphatic rings. The Morgan fingerprint density at radius 3 is 2.62 bits per heavy atom. The van der Waals surface area contributed by atoms with Gasteiger partial charge in [0.2, 0.25) is 0 Å². The molecule has 112 valence electrons. The molecule has 2 rings (SSSR count). The van der Waals surface area contributed by atoms with Crippen molar-refractivity contribution < 1.29 is 4.79 Å². The van der Waals surface area contributed by atoms with Crippen LogP contribution in [0.4, 0.5) is 5.69 Å². The zero-order valence-corrected chi connectivity index (χ0v) is 12.9. The Morgan fingerprint density at radius 1 is 1.43 bits per heavy atom. The third kappa shape index (κ3) is 2.74. The van der Waals surface area contributed by atoms with Crippen molar-refractivity contribution in [1.29, 1.82) is 0 Å². The minimum Gasteiger partial charge on any atom is -0.395 e. The van der Waals surface area contributed by atoms with E-state index >= 15 is 0 Å². The number of nitrogens with two attached hydrogens (primary N) is 1. The number of anilines is 1. The van der Waals surface area contributed by atoms with Gasteiger partial charge >= 0.3 is 0 Å². The molecule has 2 aromatic heterocycles. The summed E-state index contributed by atoms with van der Waals surface area (Å²) in [6, 6.07) is 3.74. The van der Waals surface area contributed by atoms with Crippen LogP contribution in [0.3, 0.4) is 0 Å². The third-order valence-electron chi connectivity index (χ3n) is 3.77. The Labute approximate surface area is 124 Å². The summed E-state index contributed by atoms with van der Waals surface area (Å²) < 4.78 is 1.66. The van der Waals surface area contributed by atoms with Gasteiger partial charge in [-0.3, -0.25) is 14.5 Å². The van der Waals surface area contributed by atoms with E-state index in [9.17, 15) is 4.79 Å². The predicted molar refractivity (Wildman–Crippen MR) is 81.8 cm³/mol. The normalized spacial score (nSPS) is 12.2. The molecule has 2 N–H and O–H groups in total. The number of rotatable bonds is 4. The molecule has 2 heterocycles. The number of hydrogen-bond donors (Lipinski definition) is 1. The van der Waals surface area contributed by atoms with Crippen LogP contribution in [0.5, 0.6) is 0 Å². The number of amides is 1. The van der Waals surface area contributed by atoms with Crippen molar-refractivity contribution in [1.82, 2.24) is 19.7 Å². The first-order valence-corrected chi connectivity index (χ1v) is 6.97.